The van der Waals surface area contributed by atoms with Crippen LogP contribution in [0.2, 0.25) is 0 Å². The number of hydrogen-bond acceptors (Lipinski definition) is 2. The van der Waals surface area contributed by atoms with Crippen LogP contribution in [0.1, 0.15) is 104 Å². The van der Waals surface area contributed by atoms with Gasteiger partial charge in [0.25, 0.3) is 0 Å². The van der Waals surface area contributed by atoms with E-state index in [4.69, 9.17) is 4.74 Å². The highest BCUT2D eigenvalue weighted by atomic mass is 16.5. The van der Waals surface area contributed by atoms with E-state index >= 15 is 0 Å². The van der Waals surface area contributed by atoms with Gasteiger partial charge in [-0.05, 0) is 50.4 Å². The summed E-state index contributed by atoms with van der Waals surface area (Å²) in [5, 5.41) is 0. The standard InChI is InChI=1S/C21H38O2/c1-3-4-8-18-13-15-19(16-14-18)12-11-17(2)21(22)23-20-9-6-5-7-10-20/h17-20H,3-16H2,1-2H3/t17?,18-,19-. The van der Waals surface area contributed by atoms with Gasteiger partial charge in [0.1, 0.15) is 6.10 Å². The van der Waals surface area contributed by atoms with Crippen molar-refractivity contribution in [2.75, 3.05) is 0 Å². The van der Waals surface area contributed by atoms with Crippen molar-refractivity contribution in [3.05, 3.63) is 0 Å². The smallest absolute Gasteiger partial charge is 0.308 e. The molecule has 0 radical (unpaired) electrons. The minimum atomic E-state index is 0.0635. The van der Waals surface area contributed by atoms with Gasteiger partial charge in [-0.2, -0.15) is 0 Å². The summed E-state index contributed by atoms with van der Waals surface area (Å²) in [6.07, 6.45) is 18.2. The summed E-state index contributed by atoms with van der Waals surface area (Å²) in [6.45, 7) is 4.36. The highest BCUT2D eigenvalue weighted by Crippen LogP contribution is 2.35. The predicted molar refractivity (Wildman–Crippen MR) is 96.3 cm³/mol. The lowest BCUT2D eigenvalue weighted by molar-refractivity contribution is -0.155. The molecule has 1 unspecified atom stereocenters. The van der Waals surface area contributed by atoms with Crippen LogP contribution in [0.4, 0.5) is 0 Å². The van der Waals surface area contributed by atoms with Crippen molar-refractivity contribution in [3.63, 3.8) is 0 Å². The second-order valence-corrected chi connectivity index (χ2v) is 8.20. The summed E-state index contributed by atoms with van der Waals surface area (Å²) in [7, 11) is 0. The Morgan fingerprint density at radius 1 is 0.957 bits per heavy atom. The Morgan fingerprint density at radius 2 is 1.57 bits per heavy atom. The first-order valence-corrected chi connectivity index (χ1v) is 10.4. The zero-order valence-corrected chi connectivity index (χ0v) is 15.5. The molecule has 2 rings (SSSR count). The van der Waals surface area contributed by atoms with Gasteiger partial charge >= 0.3 is 5.97 Å². The fraction of sp³-hybridized carbons (Fsp3) is 0.952. The number of esters is 1. The summed E-state index contributed by atoms with van der Waals surface area (Å²) in [6, 6.07) is 0. The van der Waals surface area contributed by atoms with E-state index in [1.807, 2.05) is 0 Å². The van der Waals surface area contributed by atoms with Crippen molar-refractivity contribution in [3.8, 4) is 0 Å². The molecule has 2 aliphatic rings. The molecule has 0 amide bonds. The van der Waals surface area contributed by atoms with E-state index in [0.717, 1.165) is 31.1 Å². The van der Waals surface area contributed by atoms with Crippen molar-refractivity contribution in [2.45, 2.75) is 110 Å². The van der Waals surface area contributed by atoms with Gasteiger partial charge in [0, 0.05) is 0 Å². The van der Waals surface area contributed by atoms with E-state index in [1.54, 1.807) is 0 Å². The van der Waals surface area contributed by atoms with Gasteiger partial charge in [0.15, 0.2) is 0 Å². The molecule has 2 nitrogen and oxygen atoms in total. The van der Waals surface area contributed by atoms with Gasteiger partial charge < -0.3 is 4.74 Å². The zero-order valence-electron chi connectivity index (χ0n) is 15.5. The number of carbonyl (C=O) groups excluding carboxylic acids is 1. The van der Waals surface area contributed by atoms with Crippen molar-refractivity contribution in [1.82, 2.24) is 0 Å². The van der Waals surface area contributed by atoms with Crippen LogP contribution < -0.4 is 0 Å². The molecular formula is C21H38O2. The molecule has 0 aliphatic heterocycles. The molecule has 0 saturated heterocycles. The van der Waals surface area contributed by atoms with Crippen LogP contribution in [0.5, 0.6) is 0 Å². The highest BCUT2D eigenvalue weighted by Gasteiger charge is 2.24. The van der Waals surface area contributed by atoms with Crippen LogP contribution in [-0.4, -0.2) is 12.1 Å². The lowest BCUT2D eigenvalue weighted by atomic mass is 9.77. The highest BCUT2D eigenvalue weighted by molar-refractivity contribution is 5.72. The Kier molecular flexibility index (Phi) is 8.47. The fourth-order valence-electron chi connectivity index (χ4n) is 4.37. The van der Waals surface area contributed by atoms with Crippen molar-refractivity contribution < 1.29 is 9.53 Å². The monoisotopic (exact) mass is 322 g/mol. The maximum atomic E-state index is 12.2. The van der Waals surface area contributed by atoms with E-state index < -0.39 is 0 Å². The third kappa shape index (κ3) is 6.85. The topological polar surface area (TPSA) is 26.3 Å². The van der Waals surface area contributed by atoms with Gasteiger partial charge in [-0.25, -0.2) is 0 Å². The molecular weight excluding hydrogens is 284 g/mol. The minimum absolute atomic E-state index is 0.0635. The molecule has 2 saturated carbocycles. The van der Waals surface area contributed by atoms with Crippen LogP contribution in [0.3, 0.4) is 0 Å². The average molecular weight is 323 g/mol. The predicted octanol–water partition coefficient (Wildman–Crippen LogP) is 6.28. The second-order valence-electron chi connectivity index (χ2n) is 8.20. The fourth-order valence-corrected chi connectivity index (χ4v) is 4.37. The largest absolute Gasteiger partial charge is 0.462 e. The third-order valence-electron chi connectivity index (χ3n) is 6.18. The molecule has 1 atom stereocenters. The Bertz CT molecular complexity index is 325. The molecule has 134 valence electrons. The van der Waals surface area contributed by atoms with Crippen molar-refractivity contribution in [2.24, 2.45) is 17.8 Å². The van der Waals surface area contributed by atoms with Crippen LogP contribution in [0.15, 0.2) is 0 Å². The van der Waals surface area contributed by atoms with E-state index in [2.05, 4.69) is 13.8 Å². The Labute approximate surface area is 143 Å². The van der Waals surface area contributed by atoms with Crippen molar-refractivity contribution >= 4 is 5.97 Å². The van der Waals surface area contributed by atoms with Gasteiger partial charge in [-0.3, -0.25) is 4.79 Å². The van der Waals surface area contributed by atoms with Crippen LogP contribution >= 0.6 is 0 Å². The molecule has 0 aromatic rings. The number of carbonyl (C=O) groups is 1. The first kappa shape index (κ1) is 18.8. The number of unbranched alkanes of at least 4 members (excludes halogenated alkanes) is 1. The van der Waals surface area contributed by atoms with Gasteiger partial charge in [0.2, 0.25) is 0 Å². The quantitative estimate of drug-likeness (QED) is 0.492. The third-order valence-corrected chi connectivity index (χ3v) is 6.18. The Balaban J connectivity index is 1.58. The lowest BCUT2D eigenvalue weighted by Gasteiger charge is -2.29. The van der Waals surface area contributed by atoms with Gasteiger partial charge in [-0.15, -0.1) is 0 Å². The molecule has 0 N–H and O–H groups in total. The van der Waals surface area contributed by atoms with Gasteiger partial charge in [0.05, 0.1) is 5.92 Å². The molecule has 0 heterocycles. The summed E-state index contributed by atoms with van der Waals surface area (Å²) < 4.78 is 5.72. The summed E-state index contributed by atoms with van der Waals surface area (Å²) >= 11 is 0. The lowest BCUT2D eigenvalue weighted by Crippen LogP contribution is -2.25. The molecule has 0 aromatic carbocycles. The first-order valence-electron chi connectivity index (χ1n) is 10.4. The van der Waals surface area contributed by atoms with Crippen LogP contribution in [0.25, 0.3) is 0 Å². The van der Waals surface area contributed by atoms with Crippen LogP contribution in [0, 0.1) is 17.8 Å². The Morgan fingerprint density at radius 3 is 2.17 bits per heavy atom. The zero-order chi connectivity index (χ0) is 16.5. The van der Waals surface area contributed by atoms with E-state index in [-0.39, 0.29) is 18.0 Å². The van der Waals surface area contributed by atoms with Crippen LogP contribution in [-0.2, 0) is 9.53 Å². The van der Waals surface area contributed by atoms with E-state index in [9.17, 15) is 4.79 Å². The SMILES string of the molecule is CCCC[C@H]1CC[C@H](CCC(C)C(=O)OC2CCCCC2)CC1. The van der Waals surface area contributed by atoms with E-state index in [0.29, 0.717) is 0 Å². The molecule has 0 spiro atoms. The summed E-state index contributed by atoms with van der Waals surface area (Å²) in [5.74, 6) is 2.00. The molecule has 2 aliphatic carbocycles. The van der Waals surface area contributed by atoms with Crippen molar-refractivity contribution in [1.29, 1.82) is 0 Å². The first-order chi connectivity index (χ1) is 11.2. The molecule has 0 bridgehead atoms. The molecule has 2 fully saturated rings. The Hall–Kier alpha value is -0.530. The maximum Gasteiger partial charge on any atom is 0.308 e. The molecule has 0 aromatic heterocycles. The normalized spacial score (nSPS) is 27.6. The maximum absolute atomic E-state index is 12.2. The minimum Gasteiger partial charge on any atom is -0.462 e. The molecule has 23 heavy (non-hydrogen) atoms. The number of hydrogen-bond donors (Lipinski definition) is 0. The second kappa shape index (κ2) is 10.4. The van der Waals surface area contributed by atoms with E-state index in [1.165, 1.54) is 70.6 Å². The van der Waals surface area contributed by atoms with Gasteiger partial charge in [-0.1, -0.05) is 65.2 Å². The number of ether oxygens (including phenoxy) is 1. The average Bonchev–Trinajstić information content (AvgIpc) is 2.59. The summed E-state index contributed by atoms with van der Waals surface area (Å²) in [4.78, 5) is 12.2. The summed E-state index contributed by atoms with van der Waals surface area (Å²) in [5.41, 5.74) is 0. The number of rotatable bonds is 8. The molecule has 2 heteroatoms.